The number of aryl methyl sites for hydroxylation is 2. The topological polar surface area (TPSA) is 51.0 Å². The third-order valence-electron chi connectivity index (χ3n) is 6.36. The van der Waals surface area contributed by atoms with E-state index in [1.165, 1.54) is 12.1 Å². The van der Waals surface area contributed by atoms with Crippen molar-refractivity contribution in [3.8, 4) is 0 Å². The van der Waals surface area contributed by atoms with Gasteiger partial charge in [-0.2, -0.15) is 0 Å². The molecule has 0 aliphatic carbocycles. The van der Waals surface area contributed by atoms with Crippen molar-refractivity contribution in [2.75, 3.05) is 6.54 Å². The smallest absolute Gasteiger partial charge is 0.224 e. The average molecular weight is 443 g/mol. The van der Waals surface area contributed by atoms with Crippen molar-refractivity contribution in [1.82, 2.24) is 19.4 Å². The number of carbonyl (C=O) groups excluding carboxylic acids is 1. The third kappa shape index (κ3) is 4.65. The van der Waals surface area contributed by atoms with E-state index in [0.717, 1.165) is 52.9 Å². The van der Waals surface area contributed by atoms with Crippen LogP contribution in [0.25, 0.3) is 11.0 Å². The zero-order chi connectivity index (χ0) is 22.8. The minimum Gasteiger partial charge on any atom is -0.334 e. The molecule has 2 aromatic carbocycles. The maximum absolute atomic E-state index is 13.3. The molecule has 1 aliphatic heterocycles. The fourth-order valence-corrected chi connectivity index (χ4v) is 4.80. The lowest BCUT2D eigenvalue weighted by molar-refractivity contribution is -0.132. The van der Waals surface area contributed by atoms with E-state index in [4.69, 9.17) is 4.98 Å². The molecule has 1 fully saturated rings. The fraction of sp³-hybridized carbons (Fsp3) is 0.296. The Morgan fingerprint density at radius 1 is 1.09 bits per heavy atom. The number of para-hydroxylation sites is 2. The van der Waals surface area contributed by atoms with Crippen molar-refractivity contribution >= 4 is 16.9 Å². The summed E-state index contributed by atoms with van der Waals surface area (Å²) in [5.41, 5.74) is 6.07. The highest BCUT2D eigenvalue weighted by Gasteiger charge is 2.31. The number of fused-ring (bicyclic) bond motifs is 1. The lowest BCUT2D eigenvalue weighted by Crippen LogP contribution is -2.31. The Labute approximate surface area is 192 Å². The maximum Gasteiger partial charge on any atom is 0.224 e. The van der Waals surface area contributed by atoms with Crippen LogP contribution in [0, 0.1) is 12.7 Å². The Morgan fingerprint density at radius 2 is 1.91 bits per heavy atom. The molecule has 1 amide bonds. The van der Waals surface area contributed by atoms with E-state index in [1.54, 1.807) is 0 Å². The van der Waals surface area contributed by atoms with Gasteiger partial charge in [0.25, 0.3) is 0 Å². The van der Waals surface area contributed by atoms with Crippen molar-refractivity contribution < 1.29 is 9.18 Å². The molecule has 5 rings (SSSR count). The van der Waals surface area contributed by atoms with Crippen LogP contribution in [0.4, 0.5) is 4.39 Å². The van der Waals surface area contributed by atoms with Crippen LogP contribution in [0.2, 0.25) is 0 Å². The molecule has 0 saturated carbocycles. The van der Waals surface area contributed by atoms with Crippen molar-refractivity contribution in [3.63, 3.8) is 0 Å². The Hall–Kier alpha value is -3.54. The fourth-order valence-electron chi connectivity index (χ4n) is 4.80. The van der Waals surface area contributed by atoms with Gasteiger partial charge in [-0.1, -0.05) is 24.3 Å². The van der Waals surface area contributed by atoms with Crippen molar-refractivity contribution in [1.29, 1.82) is 0 Å². The molecule has 5 nitrogen and oxygen atoms in total. The summed E-state index contributed by atoms with van der Waals surface area (Å²) in [4.78, 5) is 24.4. The molecule has 6 heteroatoms. The second-order valence-corrected chi connectivity index (χ2v) is 8.77. The Kier molecular flexibility index (Phi) is 5.90. The van der Waals surface area contributed by atoms with E-state index in [2.05, 4.69) is 17.1 Å². The number of hydrogen-bond acceptors (Lipinski definition) is 3. The van der Waals surface area contributed by atoms with Crippen LogP contribution in [0.1, 0.15) is 47.8 Å². The second kappa shape index (κ2) is 9.14. The van der Waals surface area contributed by atoms with Crippen molar-refractivity contribution in [3.05, 3.63) is 95.3 Å². The monoisotopic (exact) mass is 442 g/mol. The first-order chi connectivity index (χ1) is 16.1. The molecule has 0 bridgehead atoms. The number of aromatic nitrogens is 3. The first-order valence-electron chi connectivity index (χ1n) is 11.5. The zero-order valence-corrected chi connectivity index (χ0v) is 18.7. The number of halogens is 1. The van der Waals surface area contributed by atoms with Gasteiger partial charge in [-0.05, 0) is 73.7 Å². The molecule has 2 aromatic heterocycles. The van der Waals surface area contributed by atoms with Gasteiger partial charge in [-0.25, -0.2) is 9.37 Å². The number of amides is 1. The quantitative estimate of drug-likeness (QED) is 0.411. The molecule has 1 saturated heterocycles. The second-order valence-electron chi connectivity index (χ2n) is 8.77. The van der Waals surface area contributed by atoms with E-state index >= 15 is 0 Å². The number of benzene rings is 2. The molecule has 1 atom stereocenters. The van der Waals surface area contributed by atoms with E-state index in [1.807, 2.05) is 59.1 Å². The van der Waals surface area contributed by atoms with Gasteiger partial charge in [0.05, 0.1) is 29.1 Å². The number of likely N-dealkylation sites (tertiary alicyclic amines) is 1. The predicted molar refractivity (Wildman–Crippen MR) is 126 cm³/mol. The van der Waals surface area contributed by atoms with Gasteiger partial charge in [0.15, 0.2) is 0 Å². The van der Waals surface area contributed by atoms with Crippen LogP contribution in [0.5, 0.6) is 0 Å². The molecule has 0 radical (unpaired) electrons. The number of nitrogens with zero attached hydrogens (tertiary/aromatic N) is 4. The van der Waals surface area contributed by atoms with Gasteiger partial charge in [0.2, 0.25) is 5.91 Å². The van der Waals surface area contributed by atoms with Crippen LogP contribution in [-0.2, 0) is 17.8 Å². The summed E-state index contributed by atoms with van der Waals surface area (Å²) in [7, 11) is 0. The van der Waals surface area contributed by atoms with E-state index in [0.29, 0.717) is 19.4 Å². The SMILES string of the molecule is Cc1cc(Cc2ccc(F)cc2)cc(C2CCCN2C(=O)CCn2cnc3ccccc32)n1. The molecule has 0 spiro atoms. The number of carbonyl (C=O) groups is 1. The summed E-state index contributed by atoms with van der Waals surface area (Å²) in [5, 5.41) is 0. The number of rotatable bonds is 6. The molecule has 0 N–H and O–H groups in total. The Morgan fingerprint density at radius 3 is 2.76 bits per heavy atom. The predicted octanol–water partition coefficient (Wildman–Crippen LogP) is 5.22. The molecule has 1 unspecified atom stereocenters. The van der Waals surface area contributed by atoms with Gasteiger partial charge < -0.3 is 9.47 Å². The molecule has 4 aromatic rings. The largest absolute Gasteiger partial charge is 0.334 e. The van der Waals surface area contributed by atoms with Gasteiger partial charge in [0.1, 0.15) is 5.82 Å². The van der Waals surface area contributed by atoms with E-state index < -0.39 is 0 Å². The molecule has 1 aliphatic rings. The Bertz CT molecular complexity index is 1280. The molecule has 3 heterocycles. The standard InChI is InChI=1S/C27H27FN4O/c1-19-15-21(16-20-8-10-22(28)11-9-20)17-24(30-19)26-7-4-13-32(26)27(33)12-14-31-18-29-23-5-2-3-6-25(23)31/h2-3,5-6,8-11,15,17-18,26H,4,7,12-14,16H2,1H3. The van der Waals surface area contributed by atoms with Crippen molar-refractivity contribution in [2.45, 2.75) is 45.2 Å². The average Bonchev–Trinajstić information content (AvgIpc) is 3.46. The lowest BCUT2D eigenvalue weighted by atomic mass is 10.0. The number of imidazole rings is 1. The lowest BCUT2D eigenvalue weighted by Gasteiger charge is -2.25. The van der Waals surface area contributed by atoms with Crippen molar-refractivity contribution in [2.24, 2.45) is 0 Å². The summed E-state index contributed by atoms with van der Waals surface area (Å²) in [5.74, 6) is -0.0761. The van der Waals surface area contributed by atoms with Crippen LogP contribution < -0.4 is 0 Å². The highest BCUT2D eigenvalue weighted by molar-refractivity contribution is 5.78. The van der Waals surface area contributed by atoms with Gasteiger partial charge in [-0.15, -0.1) is 0 Å². The summed E-state index contributed by atoms with van der Waals surface area (Å²) in [6.45, 7) is 3.36. The summed E-state index contributed by atoms with van der Waals surface area (Å²) < 4.78 is 15.3. The molecule has 33 heavy (non-hydrogen) atoms. The van der Waals surface area contributed by atoms with Crippen LogP contribution in [0.15, 0.2) is 67.0 Å². The summed E-state index contributed by atoms with van der Waals surface area (Å²) in [6.07, 6.45) is 4.86. The van der Waals surface area contributed by atoms with E-state index in [-0.39, 0.29) is 17.8 Å². The molecular weight excluding hydrogens is 415 g/mol. The van der Waals surface area contributed by atoms with Gasteiger partial charge in [0, 0.05) is 25.2 Å². The van der Waals surface area contributed by atoms with Crippen LogP contribution >= 0.6 is 0 Å². The minimum absolute atomic E-state index is 0.00361. The normalized spacial score (nSPS) is 15.9. The highest BCUT2D eigenvalue weighted by Crippen LogP contribution is 2.32. The first-order valence-corrected chi connectivity index (χ1v) is 11.5. The van der Waals surface area contributed by atoms with E-state index in [9.17, 15) is 9.18 Å². The van der Waals surface area contributed by atoms with Crippen LogP contribution in [0.3, 0.4) is 0 Å². The minimum atomic E-state index is -0.228. The third-order valence-corrected chi connectivity index (χ3v) is 6.36. The molecular formula is C27H27FN4O. The number of hydrogen-bond donors (Lipinski definition) is 0. The van der Waals surface area contributed by atoms with Crippen LogP contribution in [-0.4, -0.2) is 31.9 Å². The molecule has 168 valence electrons. The zero-order valence-electron chi connectivity index (χ0n) is 18.7. The summed E-state index contributed by atoms with van der Waals surface area (Å²) in [6, 6.07) is 18.8. The van der Waals surface area contributed by atoms with Gasteiger partial charge in [-0.3, -0.25) is 9.78 Å². The number of pyridine rings is 1. The maximum atomic E-state index is 13.3. The highest BCUT2D eigenvalue weighted by atomic mass is 19.1. The first kappa shape index (κ1) is 21.3. The summed E-state index contributed by atoms with van der Waals surface area (Å²) >= 11 is 0. The Balaban J connectivity index is 1.30. The van der Waals surface area contributed by atoms with Gasteiger partial charge >= 0.3 is 0 Å².